The van der Waals surface area contributed by atoms with Crippen LogP contribution in [0.25, 0.3) is 10.5 Å². The fourth-order valence-electron chi connectivity index (χ4n) is 3.17. The second kappa shape index (κ2) is 6.98. The van der Waals surface area contributed by atoms with E-state index in [4.69, 9.17) is 4.74 Å². The van der Waals surface area contributed by atoms with Crippen LogP contribution in [0.3, 0.4) is 0 Å². The smallest absolute Gasteiger partial charge is 0.194 e. The van der Waals surface area contributed by atoms with Gasteiger partial charge in [0.05, 0.1) is 27.7 Å². The summed E-state index contributed by atoms with van der Waals surface area (Å²) in [6, 6.07) is 17.4. The first-order chi connectivity index (χ1) is 13.5. The predicted octanol–water partition coefficient (Wildman–Crippen LogP) is 3.98. The van der Waals surface area contributed by atoms with Gasteiger partial charge in [0.1, 0.15) is 17.2 Å². The van der Waals surface area contributed by atoms with Crippen LogP contribution in [-0.4, -0.2) is 27.3 Å². The summed E-state index contributed by atoms with van der Waals surface area (Å²) in [6.45, 7) is 0. The van der Waals surface area contributed by atoms with Crippen LogP contribution in [0.4, 0.5) is 0 Å². The minimum atomic E-state index is -1.63. The van der Waals surface area contributed by atoms with Crippen molar-refractivity contribution in [3.8, 4) is 17.2 Å². The number of benzene rings is 3. The molecule has 140 valence electrons. The summed E-state index contributed by atoms with van der Waals surface area (Å²) in [7, 11) is -0.0697. The molecule has 3 aromatic rings. The molecule has 5 nitrogen and oxygen atoms in total. The van der Waals surface area contributed by atoms with Crippen LogP contribution in [-0.2, 0) is 10.8 Å². The Hall–Kier alpha value is -3.38. The molecule has 0 bridgehead atoms. The average Bonchev–Trinajstić information content (AvgIpc) is 3.00. The van der Waals surface area contributed by atoms with E-state index in [1.165, 1.54) is 36.4 Å². The molecule has 0 aromatic heterocycles. The summed E-state index contributed by atoms with van der Waals surface area (Å²) in [5.41, 5.74) is 1.86. The maximum absolute atomic E-state index is 13.3. The number of hydrogen-bond donors (Lipinski definition) is 2. The number of methoxy groups -OCH3 is 1. The molecule has 0 amide bonds. The van der Waals surface area contributed by atoms with Crippen molar-refractivity contribution in [3.05, 3.63) is 83.4 Å². The van der Waals surface area contributed by atoms with E-state index in [2.05, 4.69) is 0 Å². The van der Waals surface area contributed by atoms with Gasteiger partial charge in [0.2, 0.25) is 0 Å². The summed E-state index contributed by atoms with van der Waals surface area (Å²) in [4.78, 5) is 14.1. The second-order valence-corrected chi connectivity index (χ2v) is 7.64. The normalized spacial score (nSPS) is 15.4. The van der Waals surface area contributed by atoms with Crippen molar-refractivity contribution in [3.63, 3.8) is 0 Å². The largest absolute Gasteiger partial charge is 0.508 e. The van der Waals surface area contributed by atoms with Gasteiger partial charge in [-0.25, -0.2) is 4.21 Å². The number of fused-ring (bicyclic) bond motifs is 1. The molecule has 1 heterocycles. The van der Waals surface area contributed by atoms with Crippen LogP contribution >= 0.6 is 0 Å². The van der Waals surface area contributed by atoms with Gasteiger partial charge < -0.3 is 14.9 Å². The van der Waals surface area contributed by atoms with E-state index in [0.717, 1.165) is 0 Å². The zero-order chi connectivity index (χ0) is 19.8. The van der Waals surface area contributed by atoms with Gasteiger partial charge in [0, 0.05) is 16.7 Å². The van der Waals surface area contributed by atoms with E-state index in [1.54, 1.807) is 37.4 Å². The quantitative estimate of drug-likeness (QED) is 0.656. The highest BCUT2D eigenvalue weighted by atomic mass is 32.2. The van der Waals surface area contributed by atoms with Gasteiger partial charge in [0.15, 0.2) is 5.78 Å². The summed E-state index contributed by atoms with van der Waals surface area (Å²) < 4.78 is 18.4. The zero-order valence-corrected chi connectivity index (χ0v) is 15.7. The van der Waals surface area contributed by atoms with Crippen LogP contribution in [0.15, 0.2) is 71.6 Å². The Morgan fingerprint density at radius 3 is 2.18 bits per heavy atom. The molecule has 6 heteroatoms. The Morgan fingerprint density at radius 1 is 0.893 bits per heavy atom. The molecule has 4 rings (SSSR count). The third-order valence-electron chi connectivity index (χ3n) is 4.56. The molecule has 0 saturated heterocycles. The van der Waals surface area contributed by atoms with Crippen molar-refractivity contribution in [1.29, 1.82) is 0 Å². The van der Waals surface area contributed by atoms with Gasteiger partial charge in [-0.3, -0.25) is 4.79 Å². The van der Waals surface area contributed by atoms with E-state index < -0.39 is 10.8 Å². The van der Waals surface area contributed by atoms with Crippen molar-refractivity contribution in [1.82, 2.24) is 0 Å². The molecule has 28 heavy (non-hydrogen) atoms. The number of rotatable bonds is 4. The number of ether oxygens (including phenoxy) is 1. The highest BCUT2D eigenvalue weighted by molar-refractivity contribution is 7.95. The molecule has 3 aromatic carbocycles. The van der Waals surface area contributed by atoms with Crippen molar-refractivity contribution in [2.24, 2.45) is 0 Å². The first-order valence-corrected chi connectivity index (χ1v) is 9.62. The molecule has 1 atom stereocenters. The Balaban J connectivity index is 1.93. The molecule has 1 aliphatic rings. The number of carbonyl (C=O) groups excluding carboxylic acids is 1. The van der Waals surface area contributed by atoms with E-state index >= 15 is 0 Å². The van der Waals surface area contributed by atoms with Gasteiger partial charge in [-0.05, 0) is 60.2 Å². The first-order valence-electron chi connectivity index (χ1n) is 8.47. The maximum atomic E-state index is 13.3. The van der Waals surface area contributed by atoms with Crippen molar-refractivity contribution >= 4 is 27.1 Å². The number of aromatic hydroxyl groups is 2. The van der Waals surface area contributed by atoms with Crippen LogP contribution < -0.4 is 4.74 Å². The van der Waals surface area contributed by atoms with Gasteiger partial charge in [-0.15, -0.1) is 0 Å². The molecule has 2 N–H and O–H groups in total. The highest BCUT2D eigenvalue weighted by Crippen LogP contribution is 2.44. The Bertz CT molecular complexity index is 1130. The van der Waals surface area contributed by atoms with Gasteiger partial charge in [-0.2, -0.15) is 0 Å². The third kappa shape index (κ3) is 2.97. The van der Waals surface area contributed by atoms with E-state index in [0.29, 0.717) is 37.8 Å². The third-order valence-corrected chi connectivity index (χ3v) is 6.10. The molecule has 0 radical (unpaired) electrons. The lowest BCUT2D eigenvalue weighted by Gasteiger charge is -2.08. The van der Waals surface area contributed by atoms with Crippen LogP contribution in [0, 0.1) is 0 Å². The van der Waals surface area contributed by atoms with Crippen LogP contribution in [0.2, 0.25) is 0 Å². The van der Waals surface area contributed by atoms with Gasteiger partial charge in [0.25, 0.3) is 0 Å². The predicted molar refractivity (Wildman–Crippen MR) is 107 cm³/mol. The van der Waals surface area contributed by atoms with E-state index in [-0.39, 0.29) is 17.3 Å². The molecule has 0 fully saturated rings. The Morgan fingerprint density at radius 2 is 1.54 bits per heavy atom. The Labute approximate surface area is 164 Å². The number of allylic oxidation sites excluding steroid dienone is 1. The highest BCUT2D eigenvalue weighted by Gasteiger charge is 2.34. The molecular weight excluding hydrogens is 376 g/mol. The lowest BCUT2D eigenvalue weighted by atomic mass is 9.94. The van der Waals surface area contributed by atoms with Gasteiger partial charge >= 0.3 is 0 Å². The first kappa shape index (κ1) is 18.0. The molecular formula is C22H16O5S. The van der Waals surface area contributed by atoms with E-state index in [9.17, 15) is 19.2 Å². The van der Waals surface area contributed by atoms with Gasteiger partial charge in [-0.1, -0.05) is 12.1 Å². The lowest BCUT2D eigenvalue weighted by molar-refractivity contribution is 0.105. The monoisotopic (exact) mass is 392 g/mol. The van der Waals surface area contributed by atoms with Crippen LogP contribution in [0.5, 0.6) is 17.2 Å². The summed E-state index contributed by atoms with van der Waals surface area (Å²) in [5.74, 6) is 0.388. The minimum Gasteiger partial charge on any atom is -0.508 e. The molecule has 0 spiro atoms. The molecule has 0 aliphatic carbocycles. The number of carbonyl (C=O) groups is 1. The summed E-state index contributed by atoms with van der Waals surface area (Å²) in [5, 5.41) is 19.3. The topological polar surface area (TPSA) is 83.8 Å². The lowest BCUT2D eigenvalue weighted by Crippen LogP contribution is -2.03. The number of hydrogen-bond acceptors (Lipinski definition) is 5. The molecule has 1 unspecified atom stereocenters. The number of phenols is 2. The Kier molecular flexibility index (Phi) is 4.49. The van der Waals surface area contributed by atoms with E-state index in [1.807, 2.05) is 0 Å². The standard InChI is InChI=1S/C22H16O5S/c1-27-17-9-4-14(5-10-17)22-20(21(25)13-2-6-15(23)7-3-13)18-11-8-16(24)12-19(18)28(22)26/h2-12,23-24H,1H3. The maximum Gasteiger partial charge on any atom is 0.194 e. The average molecular weight is 392 g/mol. The SMILES string of the molecule is COc1ccc(C2=C(C(=O)c3ccc(O)cc3)c3ccc(O)cc3S2=O)cc1. The number of Topliss-reactive ketones (excluding diaryl/α,β-unsaturated/α-hetero) is 1. The van der Waals surface area contributed by atoms with Crippen molar-refractivity contribution < 1.29 is 24.0 Å². The molecule has 1 aliphatic heterocycles. The van der Waals surface area contributed by atoms with Crippen molar-refractivity contribution in [2.45, 2.75) is 4.90 Å². The fraction of sp³-hybridized carbons (Fsp3) is 0.0455. The summed E-state index contributed by atoms with van der Waals surface area (Å²) >= 11 is 0. The minimum absolute atomic E-state index is 0.0143. The van der Waals surface area contributed by atoms with Crippen LogP contribution in [0.1, 0.15) is 21.5 Å². The zero-order valence-electron chi connectivity index (χ0n) is 14.9. The number of ketones is 1. The second-order valence-electron chi connectivity index (χ2n) is 6.26. The molecule has 0 saturated carbocycles. The fourth-order valence-corrected chi connectivity index (χ4v) is 4.73. The summed E-state index contributed by atoms with van der Waals surface area (Å²) in [6.07, 6.45) is 0. The van der Waals surface area contributed by atoms with Crippen molar-refractivity contribution in [2.75, 3.05) is 7.11 Å². The number of phenolic OH excluding ortho intramolecular Hbond substituents is 2.